The highest BCUT2D eigenvalue weighted by molar-refractivity contribution is 5.90. The zero-order chi connectivity index (χ0) is 23.2. The molecule has 2 aliphatic rings. The Labute approximate surface area is 203 Å². The van der Waals surface area contributed by atoms with Gasteiger partial charge in [-0.1, -0.05) is 61.4 Å². The van der Waals surface area contributed by atoms with Crippen LogP contribution >= 0.6 is 0 Å². The van der Waals surface area contributed by atoms with Crippen molar-refractivity contribution in [2.24, 2.45) is 0 Å². The summed E-state index contributed by atoms with van der Waals surface area (Å²) in [6.07, 6.45) is 9.38. The fraction of sp³-hybridized carbons (Fsp3) is 0.448. The third kappa shape index (κ3) is 5.16. The quantitative estimate of drug-likeness (QED) is 0.472. The van der Waals surface area contributed by atoms with Crippen LogP contribution < -0.4 is 4.90 Å². The number of para-hydroxylation sites is 1. The Morgan fingerprint density at radius 1 is 0.765 bits per heavy atom. The van der Waals surface area contributed by atoms with E-state index >= 15 is 0 Å². The average Bonchev–Trinajstić information content (AvgIpc) is 3.19. The summed E-state index contributed by atoms with van der Waals surface area (Å²) in [7, 11) is 0. The van der Waals surface area contributed by atoms with Crippen molar-refractivity contribution in [2.75, 3.05) is 44.2 Å². The van der Waals surface area contributed by atoms with E-state index in [9.17, 15) is 4.79 Å². The second kappa shape index (κ2) is 11.1. The Hall–Kier alpha value is -2.76. The molecule has 0 bridgehead atoms. The minimum atomic E-state index is -0.0604. The van der Waals surface area contributed by atoms with Crippen LogP contribution in [0.5, 0.6) is 0 Å². The molecule has 2 saturated heterocycles. The first-order chi connectivity index (χ1) is 16.8. The van der Waals surface area contributed by atoms with E-state index in [4.69, 9.17) is 0 Å². The van der Waals surface area contributed by atoms with E-state index in [-0.39, 0.29) is 5.92 Å². The first kappa shape index (κ1) is 23.0. The van der Waals surface area contributed by atoms with Crippen molar-refractivity contribution in [1.29, 1.82) is 0 Å². The molecule has 3 heterocycles. The summed E-state index contributed by atoms with van der Waals surface area (Å²) in [4.78, 5) is 24.7. The molecule has 0 aliphatic carbocycles. The molecule has 5 rings (SSSR count). The van der Waals surface area contributed by atoms with E-state index in [0.717, 1.165) is 63.1 Å². The van der Waals surface area contributed by atoms with E-state index < -0.39 is 0 Å². The summed E-state index contributed by atoms with van der Waals surface area (Å²) in [5.41, 5.74) is 3.46. The third-order valence-electron chi connectivity index (χ3n) is 7.61. The monoisotopic (exact) mass is 456 g/mol. The van der Waals surface area contributed by atoms with Gasteiger partial charge >= 0.3 is 0 Å². The molecule has 0 spiro atoms. The second-order valence-electron chi connectivity index (χ2n) is 9.70. The van der Waals surface area contributed by atoms with Gasteiger partial charge in [0.15, 0.2) is 0 Å². The maximum atomic E-state index is 12.2. The number of aromatic nitrogens is 1. The lowest BCUT2D eigenvalue weighted by Gasteiger charge is -2.45. The number of likely N-dealkylation sites (tertiary alicyclic amines) is 1. The summed E-state index contributed by atoms with van der Waals surface area (Å²) in [6, 6.07) is 20.9. The Bertz CT molecular complexity index is 1050. The van der Waals surface area contributed by atoms with Crippen LogP contribution in [0.15, 0.2) is 66.9 Å². The maximum Gasteiger partial charge on any atom is 0.127 e. The highest BCUT2D eigenvalue weighted by atomic mass is 16.1. The molecule has 5 heteroatoms. The number of aldehydes is 1. The number of fused-ring (bicyclic) bond motifs is 1. The van der Waals surface area contributed by atoms with Gasteiger partial charge in [-0.2, -0.15) is 0 Å². The molecule has 0 radical (unpaired) electrons. The Morgan fingerprint density at radius 3 is 2.21 bits per heavy atom. The molecule has 2 aliphatic heterocycles. The number of carbonyl (C=O) groups is 1. The number of benzene rings is 2. The van der Waals surface area contributed by atoms with Crippen LogP contribution in [0.25, 0.3) is 10.9 Å². The van der Waals surface area contributed by atoms with Gasteiger partial charge in [0.1, 0.15) is 6.29 Å². The molecule has 0 N–H and O–H groups in total. The highest BCUT2D eigenvalue weighted by Gasteiger charge is 2.31. The number of hydrogen-bond acceptors (Lipinski definition) is 5. The van der Waals surface area contributed by atoms with Crippen LogP contribution in [0.3, 0.4) is 0 Å². The van der Waals surface area contributed by atoms with Crippen LogP contribution in [-0.2, 0) is 4.79 Å². The first-order valence-electron chi connectivity index (χ1n) is 12.9. The number of anilines is 1. The van der Waals surface area contributed by atoms with Crippen molar-refractivity contribution in [3.8, 4) is 0 Å². The van der Waals surface area contributed by atoms with Crippen LogP contribution in [0, 0.1) is 0 Å². The average molecular weight is 457 g/mol. The zero-order valence-electron chi connectivity index (χ0n) is 20.1. The predicted molar refractivity (Wildman–Crippen MR) is 139 cm³/mol. The molecule has 2 unspecified atom stereocenters. The van der Waals surface area contributed by atoms with E-state index in [1.165, 1.54) is 36.8 Å². The molecule has 0 amide bonds. The van der Waals surface area contributed by atoms with Gasteiger partial charge in [0.25, 0.3) is 0 Å². The molecule has 2 atom stereocenters. The largest absolute Gasteiger partial charge is 0.367 e. The molecule has 34 heavy (non-hydrogen) atoms. The minimum absolute atomic E-state index is 0.0604. The number of hydrogen-bond donors (Lipinski definition) is 0. The van der Waals surface area contributed by atoms with Gasteiger partial charge in [0, 0.05) is 43.7 Å². The summed E-state index contributed by atoms with van der Waals surface area (Å²) in [6.45, 7) is 6.25. The standard InChI is InChI=1S/C29H36N4O/c34-23-26(24-10-4-3-5-11-24)22-28(32-16-6-1-2-7-17-32)33-20-18-31(19-21-33)27-14-8-12-25-13-9-15-30-29(25)27/h3-5,8-15,23,26,28H,1-2,6-7,16-22H2. The molecule has 1 aromatic heterocycles. The Kier molecular flexibility index (Phi) is 7.52. The molecular weight excluding hydrogens is 420 g/mol. The van der Waals surface area contributed by atoms with Crippen molar-refractivity contribution in [3.05, 3.63) is 72.4 Å². The summed E-state index contributed by atoms with van der Waals surface area (Å²) in [5, 5.41) is 1.20. The third-order valence-corrected chi connectivity index (χ3v) is 7.61. The smallest absolute Gasteiger partial charge is 0.127 e. The van der Waals surface area contributed by atoms with Crippen molar-refractivity contribution < 1.29 is 4.79 Å². The Morgan fingerprint density at radius 2 is 1.47 bits per heavy atom. The lowest BCUT2D eigenvalue weighted by molar-refractivity contribution is -0.110. The lowest BCUT2D eigenvalue weighted by atomic mass is 9.94. The molecule has 0 saturated carbocycles. The van der Waals surface area contributed by atoms with Gasteiger partial charge < -0.3 is 9.69 Å². The fourth-order valence-corrected chi connectivity index (χ4v) is 5.72. The number of carbonyl (C=O) groups excluding carboxylic acids is 1. The number of nitrogens with zero attached hydrogens (tertiary/aromatic N) is 4. The topological polar surface area (TPSA) is 39.7 Å². The highest BCUT2D eigenvalue weighted by Crippen LogP contribution is 2.29. The Balaban J connectivity index is 1.34. The van der Waals surface area contributed by atoms with Crippen LogP contribution in [-0.4, -0.2) is 66.5 Å². The summed E-state index contributed by atoms with van der Waals surface area (Å²) >= 11 is 0. The van der Waals surface area contributed by atoms with E-state index in [1.54, 1.807) is 0 Å². The van der Waals surface area contributed by atoms with Crippen molar-refractivity contribution in [2.45, 2.75) is 44.2 Å². The van der Waals surface area contributed by atoms with Gasteiger partial charge in [-0.25, -0.2) is 0 Å². The fourth-order valence-electron chi connectivity index (χ4n) is 5.72. The summed E-state index contributed by atoms with van der Waals surface area (Å²) < 4.78 is 0. The zero-order valence-corrected chi connectivity index (χ0v) is 20.1. The molecule has 2 aromatic carbocycles. The van der Waals surface area contributed by atoms with E-state index in [2.05, 4.69) is 56.1 Å². The molecule has 5 nitrogen and oxygen atoms in total. The molecule has 3 aromatic rings. The summed E-state index contributed by atoms with van der Waals surface area (Å²) in [5.74, 6) is -0.0604. The van der Waals surface area contributed by atoms with Gasteiger partial charge in [-0.3, -0.25) is 14.8 Å². The molecular formula is C29H36N4O. The van der Waals surface area contributed by atoms with E-state index in [1.807, 2.05) is 30.5 Å². The van der Waals surface area contributed by atoms with Crippen LogP contribution in [0.1, 0.15) is 43.6 Å². The molecule has 2 fully saturated rings. The van der Waals surface area contributed by atoms with Crippen molar-refractivity contribution in [3.63, 3.8) is 0 Å². The number of pyridine rings is 1. The first-order valence-corrected chi connectivity index (χ1v) is 12.9. The van der Waals surface area contributed by atoms with Crippen molar-refractivity contribution >= 4 is 22.9 Å². The van der Waals surface area contributed by atoms with Crippen LogP contribution in [0.2, 0.25) is 0 Å². The normalized spacial score (nSPS) is 20.1. The molecule has 178 valence electrons. The SMILES string of the molecule is O=CC(CC(N1CCCCCC1)N1CCN(c2cccc3cccnc23)CC1)c1ccccc1. The van der Waals surface area contributed by atoms with Crippen molar-refractivity contribution in [1.82, 2.24) is 14.8 Å². The van der Waals surface area contributed by atoms with E-state index in [0.29, 0.717) is 6.17 Å². The van der Waals surface area contributed by atoms with Gasteiger partial charge in [0.05, 0.1) is 17.4 Å². The van der Waals surface area contributed by atoms with Gasteiger partial charge in [-0.05, 0) is 50.0 Å². The second-order valence-corrected chi connectivity index (χ2v) is 9.70. The predicted octanol–water partition coefficient (Wildman–Crippen LogP) is 4.93. The van der Waals surface area contributed by atoms with Crippen LogP contribution in [0.4, 0.5) is 5.69 Å². The minimum Gasteiger partial charge on any atom is -0.367 e. The number of rotatable bonds is 7. The lowest BCUT2D eigenvalue weighted by Crippen LogP contribution is -2.56. The number of piperazine rings is 1. The maximum absolute atomic E-state index is 12.2. The van der Waals surface area contributed by atoms with Gasteiger partial charge in [0.2, 0.25) is 0 Å². The van der Waals surface area contributed by atoms with Gasteiger partial charge in [-0.15, -0.1) is 0 Å².